The van der Waals surface area contributed by atoms with Gasteiger partial charge in [0.15, 0.2) is 0 Å². The summed E-state index contributed by atoms with van der Waals surface area (Å²) in [6, 6.07) is 0. The van der Waals surface area contributed by atoms with E-state index in [0.717, 1.165) is 43.4 Å². The Hall–Kier alpha value is -0.570. The molecule has 0 bridgehead atoms. The Bertz CT molecular complexity index is 215. The predicted molar refractivity (Wildman–Crippen MR) is 83.3 cm³/mol. The first-order valence-electron chi connectivity index (χ1n) is 8.65. The first-order chi connectivity index (χ1) is 9.60. The van der Waals surface area contributed by atoms with Crippen molar-refractivity contribution in [1.29, 1.82) is 0 Å². The smallest absolute Gasteiger partial charge is 0.119 e. The number of unbranched alkanes of at least 4 members (excludes halogenated alkanes) is 6. The van der Waals surface area contributed by atoms with Crippen LogP contribution in [0.5, 0.6) is 0 Å². The lowest BCUT2D eigenvalue weighted by Gasteiger charge is -2.39. The van der Waals surface area contributed by atoms with Crippen LogP contribution in [0, 0.1) is 0 Å². The Labute approximate surface area is 126 Å². The van der Waals surface area contributed by atoms with Gasteiger partial charge in [0.05, 0.1) is 25.6 Å². The second kappa shape index (κ2) is 12.2. The van der Waals surface area contributed by atoms with Crippen molar-refractivity contribution in [2.45, 2.75) is 78.6 Å². The maximum atomic E-state index is 11.2. The first-order valence-corrected chi connectivity index (χ1v) is 8.65. The minimum absolute atomic E-state index is 0.205. The average Bonchev–Trinajstić information content (AvgIpc) is 2.39. The van der Waals surface area contributed by atoms with Gasteiger partial charge in [0, 0.05) is 0 Å². The largest absolute Gasteiger partial charge is 0.544 e. The number of rotatable bonds is 14. The Morgan fingerprint density at radius 2 is 1.10 bits per heavy atom. The van der Waals surface area contributed by atoms with Crippen molar-refractivity contribution >= 4 is 5.97 Å². The highest BCUT2D eigenvalue weighted by molar-refractivity contribution is 5.65. The number of nitrogens with zero attached hydrogens (tertiary/aromatic N) is 1. The molecule has 0 atom stereocenters. The summed E-state index contributed by atoms with van der Waals surface area (Å²) >= 11 is 0. The zero-order chi connectivity index (χ0) is 15.3. The Morgan fingerprint density at radius 1 is 0.750 bits per heavy atom. The quantitative estimate of drug-likeness (QED) is 0.363. The van der Waals surface area contributed by atoms with Crippen LogP contribution in [0.3, 0.4) is 0 Å². The molecule has 120 valence electrons. The van der Waals surface area contributed by atoms with Gasteiger partial charge in [-0.05, 0) is 38.5 Å². The first kappa shape index (κ1) is 19.4. The standard InChI is InChI=1S/C17H35NO2/c1-4-7-10-13-18(16-17(19)20,14-11-8-5-2)15-12-9-6-3/h4-16H2,1-3H3. The van der Waals surface area contributed by atoms with Gasteiger partial charge in [-0.1, -0.05) is 40.0 Å². The van der Waals surface area contributed by atoms with Crippen LogP contribution in [-0.2, 0) is 4.79 Å². The molecule has 0 fully saturated rings. The van der Waals surface area contributed by atoms with E-state index in [-0.39, 0.29) is 6.54 Å². The summed E-state index contributed by atoms with van der Waals surface area (Å²) in [6.45, 7) is 9.82. The third kappa shape index (κ3) is 9.35. The second-order valence-corrected chi connectivity index (χ2v) is 6.16. The molecular weight excluding hydrogens is 250 g/mol. The lowest BCUT2D eigenvalue weighted by molar-refractivity contribution is -0.923. The van der Waals surface area contributed by atoms with E-state index in [0.29, 0.717) is 0 Å². The molecular formula is C17H35NO2. The number of quaternary nitrogens is 1. The Balaban J connectivity index is 4.61. The lowest BCUT2D eigenvalue weighted by Crippen LogP contribution is -2.55. The lowest BCUT2D eigenvalue weighted by atomic mass is 10.1. The Morgan fingerprint density at radius 3 is 1.35 bits per heavy atom. The van der Waals surface area contributed by atoms with Crippen LogP contribution in [0.2, 0.25) is 0 Å². The van der Waals surface area contributed by atoms with Crippen molar-refractivity contribution in [1.82, 2.24) is 0 Å². The van der Waals surface area contributed by atoms with Crippen LogP contribution < -0.4 is 5.11 Å². The molecule has 0 heterocycles. The van der Waals surface area contributed by atoms with Crippen molar-refractivity contribution < 1.29 is 14.4 Å². The van der Waals surface area contributed by atoms with Crippen LogP contribution in [0.15, 0.2) is 0 Å². The van der Waals surface area contributed by atoms with Gasteiger partial charge in [0.1, 0.15) is 6.54 Å². The SMILES string of the molecule is CCCCC[N+](CCCCC)(CCCCC)CC(=O)[O-]. The van der Waals surface area contributed by atoms with Gasteiger partial charge in [-0.3, -0.25) is 0 Å². The van der Waals surface area contributed by atoms with Crippen molar-refractivity contribution in [2.24, 2.45) is 0 Å². The van der Waals surface area contributed by atoms with Gasteiger partial charge < -0.3 is 14.4 Å². The van der Waals surface area contributed by atoms with Crippen molar-refractivity contribution in [3.63, 3.8) is 0 Å². The maximum absolute atomic E-state index is 11.2. The van der Waals surface area contributed by atoms with E-state index in [1.807, 2.05) is 0 Å². The summed E-state index contributed by atoms with van der Waals surface area (Å²) in [6.07, 6.45) is 10.6. The summed E-state index contributed by atoms with van der Waals surface area (Å²) in [5.74, 6) is -0.880. The molecule has 0 aliphatic heterocycles. The molecule has 0 unspecified atom stereocenters. The molecule has 0 rings (SSSR count). The highest BCUT2D eigenvalue weighted by Gasteiger charge is 2.26. The molecule has 0 aromatic carbocycles. The monoisotopic (exact) mass is 285 g/mol. The number of carboxylic acid groups (broad SMARTS) is 1. The fourth-order valence-corrected chi connectivity index (χ4v) is 2.94. The third-order valence-corrected chi connectivity index (χ3v) is 4.17. The van der Waals surface area contributed by atoms with E-state index in [4.69, 9.17) is 0 Å². The number of aliphatic carboxylic acids is 1. The number of carbonyl (C=O) groups is 1. The molecule has 0 aliphatic rings. The zero-order valence-corrected chi connectivity index (χ0v) is 14.0. The minimum Gasteiger partial charge on any atom is -0.544 e. The topological polar surface area (TPSA) is 40.1 Å². The number of carboxylic acids is 1. The molecule has 20 heavy (non-hydrogen) atoms. The fraction of sp³-hybridized carbons (Fsp3) is 0.941. The van der Waals surface area contributed by atoms with Gasteiger partial charge in [-0.15, -0.1) is 0 Å². The van der Waals surface area contributed by atoms with E-state index >= 15 is 0 Å². The third-order valence-electron chi connectivity index (χ3n) is 4.17. The Kier molecular flexibility index (Phi) is 11.8. The second-order valence-electron chi connectivity index (χ2n) is 6.16. The van der Waals surface area contributed by atoms with Gasteiger partial charge in [0.2, 0.25) is 0 Å². The van der Waals surface area contributed by atoms with Gasteiger partial charge >= 0.3 is 0 Å². The van der Waals surface area contributed by atoms with Gasteiger partial charge in [-0.2, -0.15) is 0 Å². The molecule has 0 aromatic rings. The van der Waals surface area contributed by atoms with Crippen LogP contribution in [-0.4, -0.2) is 36.6 Å². The van der Waals surface area contributed by atoms with Gasteiger partial charge in [0.25, 0.3) is 0 Å². The fourth-order valence-electron chi connectivity index (χ4n) is 2.94. The summed E-state index contributed by atoms with van der Waals surface area (Å²) in [4.78, 5) is 11.2. The molecule has 0 aliphatic carbocycles. The van der Waals surface area contributed by atoms with E-state index in [9.17, 15) is 9.90 Å². The van der Waals surface area contributed by atoms with Gasteiger partial charge in [-0.25, -0.2) is 0 Å². The van der Waals surface area contributed by atoms with Crippen molar-refractivity contribution in [3.05, 3.63) is 0 Å². The van der Waals surface area contributed by atoms with Crippen LogP contribution >= 0.6 is 0 Å². The molecule has 0 saturated heterocycles. The summed E-state index contributed by atoms with van der Waals surface area (Å²) in [7, 11) is 0. The molecule has 0 N–H and O–H groups in total. The molecule has 3 heteroatoms. The van der Waals surface area contributed by atoms with E-state index < -0.39 is 5.97 Å². The number of carbonyl (C=O) groups excluding carboxylic acids is 1. The molecule has 3 nitrogen and oxygen atoms in total. The van der Waals surface area contributed by atoms with Crippen molar-refractivity contribution in [2.75, 3.05) is 26.2 Å². The zero-order valence-electron chi connectivity index (χ0n) is 14.0. The highest BCUT2D eigenvalue weighted by atomic mass is 16.4. The molecule has 0 saturated carbocycles. The molecule has 0 spiro atoms. The normalized spacial score (nSPS) is 11.8. The summed E-state index contributed by atoms with van der Waals surface area (Å²) in [5.41, 5.74) is 0. The van der Waals surface area contributed by atoms with E-state index in [1.165, 1.54) is 38.5 Å². The van der Waals surface area contributed by atoms with Crippen molar-refractivity contribution in [3.8, 4) is 0 Å². The van der Waals surface area contributed by atoms with Crippen LogP contribution in [0.4, 0.5) is 0 Å². The highest BCUT2D eigenvalue weighted by Crippen LogP contribution is 2.16. The average molecular weight is 285 g/mol. The van der Waals surface area contributed by atoms with Crippen LogP contribution in [0.1, 0.15) is 78.6 Å². The summed E-state index contributed by atoms with van der Waals surface area (Å²) in [5, 5.41) is 11.2. The number of hydrogen-bond donors (Lipinski definition) is 0. The molecule has 0 amide bonds. The minimum atomic E-state index is -0.880. The molecule has 0 aromatic heterocycles. The van der Waals surface area contributed by atoms with E-state index in [1.54, 1.807) is 0 Å². The molecule has 0 radical (unpaired) electrons. The van der Waals surface area contributed by atoms with Crippen LogP contribution in [0.25, 0.3) is 0 Å². The number of hydrogen-bond acceptors (Lipinski definition) is 2. The predicted octanol–water partition coefficient (Wildman–Crippen LogP) is 3.12. The maximum Gasteiger partial charge on any atom is 0.119 e. The van der Waals surface area contributed by atoms with E-state index in [2.05, 4.69) is 20.8 Å². The summed E-state index contributed by atoms with van der Waals surface area (Å²) < 4.78 is 0.752.